The molecule has 1 atom stereocenters. The zero-order chi connectivity index (χ0) is 9.23. The van der Waals surface area contributed by atoms with Gasteiger partial charge in [-0.15, -0.1) is 0 Å². The zero-order valence-electron chi connectivity index (χ0n) is 7.96. The maximum atomic E-state index is 8.97. The highest BCUT2D eigenvalue weighted by atomic mass is 16.5. The van der Waals surface area contributed by atoms with Crippen LogP contribution in [0.15, 0.2) is 12.8 Å². The number of ether oxygens (including phenoxy) is 1. The van der Waals surface area contributed by atoms with E-state index in [1.807, 2.05) is 0 Å². The summed E-state index contributed by atoms with van der Waals surface area (Å²) in [7, 11) is 0. The van der Waals surface area contributed by atoms with Gasteiger partial charge in [0.05, 0.1) is 12.9 Å². The zero-order valence-corrected chi connectivity index (χ0v) is 7.96. The van der Waals surface area contributed by atoms with Crippen molar-refractivity contribution in [2.24, 2.45) is 5.92 Å². The van der Waals surface area contributed by atoms with E-state index in [9.17, 15) is 0 Å². The number of hydrogen-bond acceptors (Lipinski definition) is 2. The summed E-state index contributed by atoms with van der Waals surface area (Å²) in [5.74, 6) is 0.407. The molecular weight excluding hydrogens is 152 g/mol. The average Bonchev–Trinajstić information content (AvgIpc) is 2.11. The fourth-order valence-electron chi connectivity index (χ4n) is 1.14. The van der Waals surface area contributed by atoms with Crippen molar-refractivity contribution in [3.8, 4) is 0 Å². The lowest BCUT2D eigenvalue weighted by molar-refractivity contribution is 0.164. The Hall–Kier alpha value is -0.500. The molecule has 2 heteroatoms. The molecule has 0 aliphatic carbocycles. The number of aliphatic hydroxyl groups excluding tert-OH is 1. The highest BCUT2D eigenvalue weighted by Crippen LogP contribution is 2.11. The van der Waals surface area contributed by atoms with Gasteiger partial charge in [-0.2, -0.15) is 0 Å². The molecule has 1 unspecified atom stereocenters. The Morgan fingerprint density at radius 3 is 2.75 bits per heavy atom. The average molecular weight is 172 g/mol. The third kappa shape index (κ3) is 6.23. The molecule has 2 nitrogen and oxygen atoms in total. The highest BCUT2D eigenvalue weighted by molar-refractivity contribution is 4.58. The van der Waals surface area contributed by atoms with Crippen molar-refractivity contribution in [2.75, 3.05) is 13.2 Å². The van der Waals surface area contributed by atoms with Crippen LogP contribution in [0.3, 0.4) is 0 Å². The number of hydrogen-bond donors (Lipinski definition) is 1. The Morgan fingerprint density at radius 2 is 2.25 bits per heavy atom. The summed E-state index contributed by atoms with van der Waals surface area (Å²) in [6, 6.07) is 0. The van der Waals surface area contributed by atoms with Crippen molar-refractivity contribution in [1.82, 2.24) is 0 Å². The molecule has 0 aromatic carbocycles. The quantitative estimate of drug-likeness (QED) is 0.450. The van der Waals surface area contributed by atoms with E-state index in [4.69, 9.17) is 9.84 Å². The Morgan fingerprint density at radius 1 is 1.50 bits per heavy atom. The molecule has 0 fully saturated rings. The van der Waals surface area contributed by atoms with E-state index >= 15 is 0 Å². The SMILES string of the molecule is C=COCCC(CO)CCCC. The van der Waals surface area contributed by atoms with Gasteiger partial charge in [-0.1, -0.05) is 26.3 Å². The lowest BCUT2D eigenvalue weighted by atomic mass is 10.0. The van der Waals surface area contributed by atoms with Gasteiger partial charge in [0.2, 0.25) is 0 Å². The minimum absolute atomic E-state index is 0.278. The van der Waals surface area contributed by atoms with Gasteiger partial charge in [-0.3, -0.25) is 0 Å². The Bertz CT molecular complexity index is 102. The molecular formula is C10H20O2. The van der Waals surface area contributed by atoms with Crippen molar-refractivity contribution in [1.29, 1.82) is 0 Å². The largest absolute Gasteiger partial charge is 0.502 e. The maximum absolute atomic E-state index is 8.97. The van der Waals surface area contributed by atoms with Gasteiger partial charge in [0.25, 0.3) is 0 Å². The predicted molar refractivity (Wildman–Crippen MR) is 50.9 cm³/mol. The van der Waals surface area contributed by atoms with Crippen LogP contribution in [0, 0.1) is 5.92 Å². The second kappa shape index (κ2) is 8.60. The molecule has 0 bridgehead atoms. The molecule has 12 heavy (non-hydrogen) atoms. The van der Waals surface area contributed by atoms with Crippen LogP contribution in [-0.4, -0.2) is 18.3 Å². The third-order valence-corrected chi connectivity index (χ3v) is 1.99. The predicted octanol–water partition coefficient (Wildman–Crippen LogP) is 2.34. The first kappa shape index (κ1) is 11.5. The highest BCUT2D eigenvalue weighted by Gasteiger charge is 2.05. The van der Waals surface area contributed by atoms with Crippen LogP contribution in [0.2, 0.25) is 0 Å². The van der Waals surface area contributed by atoms with Gasteiger partial charge in [-0.25, -0.2) is 0 Å². The smallest absolute Gasteiger partial charge is 0.0876 e. The first-order valence-electron chi connectivity index (χ1n) is 4.68. The van der Waals surface area contributed by atoms with E-state index in [-0.39, 0.29) is 6.61 Å². The van der Waals surface area contributed by atoms with Gasteiger partial charge in [0, 0.05) is 6.61 Å². The molecule has 0 saturated heterocycles. The third-order valence-electron chi connectivity index (χ3n) is 1.99. The van der Waals surface area contributed by atoms with E-state index < -0.39 is 0 Å². The first-order chi connectivity index (χ1) is 5.85. The minimum atomic E-state index is 0.278. The molecule has 0 saturated carbocycles. The summed E-state index contributed by atoms with van der Waals surface area (Å²) in [4.78, 5) is 0. The van der Waals surface area contributed by atoms with Gasteiger partial charge >= 0.3 is 0 Å². The lowest BCUT2D eigenvalue weighted by Crippen LogP contribution is -2.08. The van der Waals surface area contributed by atoms with Crippen LogP contribution in [0.1, 0.15) is 32.6 Å². The molecule has 0 aliphatic rings. The summed E-state index contributed by atoms with van der Waals surface area (Å²) in [5.41, 5.74) is 0. The normalized spacial score (nSPS) is 12.5. The summed E-state index contributed by atoms with van der Waals surface area (Å²) >= 11 is 0. The number of rotatable bonds is 8. The molecule has 0 aliphatic heterocycles. The summed E-state index contributed by atoms with van der Waals surface area (Å²) in [6.45, 7) is 6.58. The molecule has 0 amide bonds. The van der Waals surface area contributed by atoms with Gasteiger partial charge in [0.1, 0.15) is 0 Å². The van der Waals surface area contributed by atoms with Crippen LogP contribution in [0.25, 0.3) is 0 Å². The Labute approximate surface area is 75.2 Å². The number of unbranched alkanes of at least 4 members (excludes halogenated alkanes) is 1. The first-order valence-corrected chi connectivity index (χ1v) is 4.68. The molecule has 0 heterocycles. The van der Waals surface area contributed by atoms with Crippen molar-refractivity contribution >= 4 is 0 Å². The van der Waals surface area contributed by atoms with Crippen molar-refractivity contribution in [2.45, 2.75) is 32.6 Å². The molecule has 0 aromatic rings. The topological polar surface area (TPSA) is 29.5 Å². The van der Waals surface area contributed by atoms with Crippen LogP contribution >= 0.6 is 0 Å². The molecule has 0 radical (unpaired) electrons. The Kier molecular flexibility index (Phi) is 8.24. The fraction of sp³-hybridized carbons (Fsp3) is 0.800. The summed E-state index contributed by atoms with van der Waals surface area (Å²) in [5, 5.41) is 8.97. The monoisotopic (exact) mass is 172 g/mol. The van der Waals surface area contributed by atoms with Crippen molar-refractivity contribution in [3.63, 3.8) is 0 Å². The van der Waals surface area contributed by atoms with Gasteiger partial charge in [-0.05, 0) is 18.8 Å². The fourth-order valence-corrected chi connectivity index (χ4v) is 1.14. The van der Waals surface area contributed by atoms with E-state index in [0.717, 1.165) is 12.8 Å². The van der Waals surface area contributed by atoms with Gasteiger partial charge in [0.15, 0.2) is 0 Å². The van der Waals surface area contributed by atoms with Gasteiger partial charge < -0.3 is 9.84 Å². The maximum Gasteiger partial charge on any atom is 0.0876 e. The van der Waals surface area contributed by atoms with Crippen LogP contribution in [-0.2, 0) is 4.74 Å². The second-order valence-corrected chi connectivity index (χ2v) is 3.02. The van der Waals surface area contributed by atoms with E-state index in [1.54, 1.807) is 0 Å². The molecule has 0 aromatic heterocycles. The second-order valence-electron chi connectivity index (χ2n) is 3.02. The van der Waals surface area contributed by atoms with E-state index in [2.05, 4.69) is 13.5 Å². The molecule has 1 N–H and O–H groups in total. The molecule has 0 rings (SSSR count). The minimum Gasteiger partial charge on any atom is -0.502 e. The molecule has 0 spiro atoms. The van der Waals surface area contributed by atoms with E-state index in [0.29, 0.717) is 12.5 Å². The van der Waals surface area contributed by atoms with Crippen molar-refractivity contribution < 1.29 is 9.84 Å². The lowest BCUT2D eigenvalue weighted by Gasteiger charge is -2.12. The van der Waals surface area contributed by atoms with Crippen LogP contribution in [0.4, 0.5) is 0 Å². The summed E-state index contributed by atoms with van der Waals surface area (Å²) < 4.78 is 5.00. The summed E-state index contributed by atoms with van der Waals surface area (Å²) in [6.07, 6.45) is 5.88. The standard InChI is InChI=1S/C10H20O2/c1-3-5-6-10(9-11)7-8-12-4-2/h4,10-11H,2-3,5-9H2,1H3. The van der Waals surface area contributed by atoms with Crippen LogP contribution < -0.4 is 0 Å². The van der Waals surface area contributed by atoms with Crippen molar-refractivity contribution in [3.05, 3.63) is 12.8 Å². The van der Waals surface area contributed by atoms with E-state index in [1.165, 1.54) is 19.1 Å². The van der Waals surface area contributed by atoms with Crippen LogP contribution in [0.5, 0.6) is 0 Å². The Balaban J connectivity index is 3.32. The molecule has 72 valence electrons. The number of aliphatic hydroxyl groups is 1.